The van der Waals surface area contributed by atoms with E-state index in [9.17, 15) is 0 Å². The molecular weight excluding hydrogens is 1450 g/mol. The first-order valence-corrected chi connectivity index (χ1v) is 38.9. The number of H-pyrrole nitrogens is 1. The van der Waals surface area contributed by atoms with Crippen LogP contribution in [0.2, 0.25) is 0 Å². The number of rotatable bonds is 7. The third-order valence-corrected chi connectivity index (χ3v) is 25.2. The molecule has 0 radical (unpaired) electrons. The topological polar surface area (TPSA) is 25.6 Å². The van der Waals surface area contributed by atoms with Gasteiger partial charge in [0.2, 0.25) is 0 Å². The smallest absolute Gasteiger partial charge is 0.0541 e. The molecule has 0 spiro atoms. The molecule has 0 aliphatic carbocycles. The molecule has 6 heterocycles. The lowest BCUT2D eigenvalue weighted by Crippen LogP contribution is -1.96. The van der Waals surface area contributed by atoms with Gasteiger partial charge in [-0.25, -0.2) is 0 Å². The minimum absolute atomic E-state index is 1.11. The predicted molar refractivity (Wildman–Crippen MR) is 459 cm³/mol. The first kappa shape index (κ1) is 62.3. The van der Waals surface area contributed by atoms with E-state index < -0.39 is 0 Å². The standard InChI is InChI=1S/C60H36N2S2.C24H15NS.C12H8Br2/c1-5-25-53-45(17-1)51-35-39(43-21-11-23-49-47-19-3-7-27-57(47)63-59(43)49)29-31-55(51)61(53)41-15-9-13-37(33-41)38-14-10-16-42(34-38)62-54-26-6-2-18-46(54)52-36-40(30-32-56(52)62)44-22-12-24-50-48-20-4-8-28-58(48)64-60(44)50;1-3-10-21-17(6-1)20-14-15(12-13-22(20)25-21)16-8-5-9-19-18-7-2-4-11-23(18)26-24(16)19;13-11-5-1-3-9(7-11)10-4-2-6-12(14)8-10/h1-36H;1-14,25H;1-8H. The molecule has 0 fully saturated rings. The molecule has 1 N–H and O–H groups in total. The first-order valence-electron chi connectivity index (χ1n) is 34.9. The van der Waals surface area contributed by atoms with Crippen molar-refractivity contribution < 1.29 is 0 Å². The average Bonchev–Trinajstić information content (AvgIpc) is 1.58. The highest BCUT2D eigenvalue weighted by molar-refractivity contribution is 9.10. The molecule has 16 aromatic carbocycles. The monoisotopic (exact) mass is 1510 g/mol. The van der Waals surface area contributed by atoms with Crippen molar-refractivity contribution in [2.24, 2.45) is 0 Å². The normalized spacial score (nSPS) is 11.8. The number of para-hydroxylation sites is 3. The fraction of sp³-hybridized carbons (Fsp3) is 0. The second-order valence-electron chi connectivity index (χ2n) is 26.6. The van der Waals surface area contributed by atoms with Crippen LogP contribution in [0.5, 0.6) is 0 Å². The molecule has 0 unspecified atom stereocenters. The Morgan fingerprint density at radius 2 is 0.538 bits per heavy atom. The fourth-order valence-electron chi connectivity index (χ4n) is 15.8. The van der Waals surface area contributed by atoms with Gasteiger partial charge in [0, 0.05) is 124 Å². The lowest BCUT2D eigenvalue weighted by atomic mass is 10.0. The summed E-state index contributed by atoms with van der Waals surface area (Å²) in [5, 5.41) is 15.6. The zero-order chi connectivity index (χ0) is 68.9. The van der Waals surface area contributed by atoms with Gasteiger partial charge in [-0.05, 0) is 177 Å². The molecule has 0 atom stereocenters. The first-order chi connectivity index (χ1) is 51.4. The summed E-state index contributed by atoms with van der Waals surface area (Å²) < 4.78 is 15.1. The zero-order valence-corrected chi connectivity index (χ0v) is 61.5. The highest BCUT2D eigenvalue weighted by Crippen LogP contribution is 2.46. The summed E-state index contributed by atoms with van der Waals surface area (Å²) >= 11 is 12.6. The van der Waals surface area contributed by atoms with Crippen LogP contribution in [0.4, 0.5) is 0 Å². The van der Waals surface area contributed by atoms with Gasteiger partial charge in [0.1, 0.15) is 0 Å². The molecule has 6 aromatic heterocycles. The molecule has 490 valence electrons. The summed E-state index contributed by atoms with van der Waals surface area (Å²) in [5.74, 6) is 0. The largest absolute Gasteiger partial charge is 0.355 e. The van der Waals surface area contributed by atoms with Gasteiger partial charge in [0.25, 0.3) is 0 Å². The predicted octanol–water partition coefficient (Wildman–Crippen LogP) is 29.9. The summed E-state index contributed by atoms with van der Waals surface area (Å²) in [6.07, 6.45) is 0. The Bertz CT molecular complexity index is 6860. The van der Waals surface area contributed by atoms with E-state index in [1.54, 1.807) is 0 Å². The van der Waals surface area contributed by atoms with Crippen LogP contribution in [-0.4, -0.2) is 14.1 Å². The third-order valence-electron chi connectivity index (χ3n) is 20.5. The highest BCUT2D eigenvalue weighted by atomic mass is 79.9. The Morgan fingerprint density at radius 1 is 0.212 bits per heavy atom. The van der Waals surface area contributed by atoms with Crippen LogP contribution in [0.15, 0.2) is 361 Å². The van der Waals surface area contributed by atoms with E-state index in [-0.39, 0.29) is 0 Å². The maximum atomic E-state index is 3.52. The van der Waals surface area contributed by atoms with Crippen molar-refractivity contribution in [1.82, 2.24) is 14.1 Å². The Balaban J connectivity index is 0.000000146. The fourth-order valence-corrected chi connectivity index (χ4v) is 20.3. The summed E-state index contributed by atoms with van der Waals surface area (Å²) in [7, 11) is 0. The van der Waals surface area contributed by atoms with Crippen molar-refractivity contribution in [2.75, 3.05) is 0 Å². The maximum absolute atomic E-state index is 3.52. The Labute approximate surface area is 628 Å². The lowest BCUT2D eigenvalue weighted by Gasteiger charge is -2.13. The van der Waals surface area contributed by atoms with E-state index in [1.165, 1.54) is 182 Å². The van der Waals surface area contributed by atoms with E-state index in [4.69, 9.17) is 0 Å². The summed E-state index contributed by atoms with van der Waals surface area (Å²) in [6, 6.07) is 128. The molecule has 0 saturated heterocycles. The average molecular weight is 1510 g/mol. The van der Waals surface area contributed by atoms with Crippen LogP contribution in [0.3, 0.4) is 0 Å². The van der Waals surface area contributed by atoms with E-state index in [1.807, 2.05) is 58.3 Å². The second-order valence-corrected chi connectivity index (χ2v) is 31.6. The van der Waals surface area contributed by atoms with Crippen molar-refractivity contribution in [2.45, 2.75) is 0 Å². The van der Waals surface area contributed by atoms with Crippen LogP contribution in [0.25, 0.3) is 193 Å². The van der Waals surface area contributed by atoms with Gasteiger partial charge in [-0.2, -0.15) is 0 Å². The molecule has 0 aliphatic heterocycles. The number of aromatic nitrogens is 3. The minimum atomic E-state index is 1.11. The van der Waals surface area contributed by atoms with Gasteiger partial charge in [0.05, 0.1) is 22.1 Å². The quantitative estimate of drug-likeness (QED) is 0.165. The van der Waals surface area contributed by atoms with Crippen molar-refractivity contribution in [3.05, 3.63) is 361 Å². The summed E-state index contributed by atoms with van der Waals surface area (Å²) in [4.78, 5) is 3.52. The number of fused-ring (bicyclic) bond motifs is 18. The molecule has 8 heteroatoms. The number of benzene rings is 16. The molecular formula is C96H59Br2N3S3. The molecule has 22 aromatic rings. The van der Waals surface area contributed by atoms with Gasteiger partial charge >= 0.3 is 0 Å². The van der Waals surface area contributed by atoms with Crippen LogP contribution < -0.4 is 0 Å². The number of thiophene rings is 3. The Hall–Kier alpha value is -11.5. The van der Waals surface area contributed by atoms with E-state index >= 15 is 0 Å². The second kappa shape index (κ2) is 25.8. The van der Waals surface area contributed by atoms with Gasteiger partial charge < -0.3 is 14.1 Å². The Kier molecular flexibility index (Phi) is 15.5. The van der Waals surface area contributed by atoms with Gasteiger partial charge in [-0.1, -0.05) is 262 Å². The molecule has 3 nitrogen and oxygen atoms in total. The molecule has 22 rings (SSSR count). The third kappa shape index (κ3) is 10.8. The number of halogens is 2. The Morgan fingerprint density at radius 3 is 0.981 bits per heavy atom. The highest BCUT2D eigenvalue weighted by Gasteiger charge is 2.20. The van der Waals surface area contributed by atoms with Crippen molar-refractivity contribution in [1.29, 1.82) is 0 Å². The SMILES string of the molecule is Brc1cccc(-c2cccc(Br)c2)c1.c1cc(-c2cccc(-n3c4ccccc4c4cc(-c5cccc6c5sc5ccccc56)ccc43)c2)cc(-n2c3ccccc3c3cc(-c4cccc5c4sc4ccccc45)ccc32)c1.c1ccc2c(c1)[nH]c1ccc(-c3cccc4c3sc3ccccc34)cc12. The number of aromatic amines is 1. The van der Waals surface area contributed by atoms with Crippen LogP contribution in [0.1, 0.15) is 0 Å². The number of nitrogens with zero attached hydrogens (tertiary/aromatic N) is 2. The van der Waals surface area contributed by atoms with E-state index in [0.29, 0.717) is 0 Å². The summed E-state index contributed by atoms with van der Waals surface area (Å²) in [5.41, 5.74) is 21.9. The number of hydrogen-bond donors (Lipinski definition) is 1. The van der Waals surface area contributed by atoms with E-state index in [0.717, 1.165) is 20.3 Å². The number of nitrogens with one attached hydrogen (secondary N) is 1. The molecule has 0 bridgehead atoms. The maximum Gasteiger partial charge on any atom is 0.0541 e. The van der Waals surface area contributed by atoms with Crippen molar-refractivity contribution in [3.8, 4) is 67.0 Å². The van der Waals surface area contributed by atoms with Crippen LogP contribution in [0, 0.1) is 0 Å². The van der Waals surface area contributed by atoms with Crippen molar-refractivity contribution >= 4 is 192 Å². The van der Waals surface area contributed by atoms with Crippen molar-refractivity contribution in [3.63, 3.8) is 0 Å². The summed E-state index contributed by atoms with van der Waals surface area (Å²) in [6.45, 7) is 0. The van der Waals surface area contributed by atoms with Crippen LogP contribution >= 0.6 is 65.9 Å². The lowest BCUT2D eigenvalue weighted by molar-refractivity contribution is 1.17. The molecule has 0 amide bonds. The minimum Gasteiger partial charge on any atom is -0.355 e. The molecule has 104 heavy (non-hydrogen) atoms. The molecule has 0 aliphatic rings. The van der Waals surface area contributed by atoms with Gasteiger partial charge in [-0.15, -0.1) is 34.0 Å². The van der Waals surface area contributed by atoms with Gasteiger partial charge in [-0.3, -0.25) is 0 Å². The number of hydrogen-bond acceptors (Lipinski definition) is 3. The molecule has 0 saturated carbocycles. The van der Waals surface area contributed by atoms with Gasteiger partial charge in [0.15, 0.2) is 0 Å². The zero-order valence-electron chi connectivity index (χ0n) is 55.9. The van der Waals surface area contributed by atoms with E-state index in [2.05, 4.69) is 374 Å². The van der Waals surface area contributed by atoms with Crippen LogP contribution in [-0.2, 0) is 0 Å².